The summed E-state index contributed by atoms with van der Waals surface area (Å²) >= 11 is 0. The molecular formula is C56H65NO12. The molecule has 13 heteroatoms. The fourth-order valence-electron chi connectivity index (χ4n) is 11.4. The molecule has 0 amide bonds. The molecule has 0 aliphatic heterocycles. The van der Waals surface area contributed by atoms with Gasteiger partial charge in [-0.15, -0.1) is 0 Å². The van der Waals surface area contributed by atoms with Crippen LogP contribution in [0, 0.1) is 17.8 Å². The van der Waals surface area contributed by atoms with Crippen LogP contribution in [-0.2, 0) is 14.4 Å². The second-order valence-electron chi connectivity index (χ2n) is 19.3. The zero-order chi connectivity index (χ0) is 48.0. The second kappa shape index (κ2) is 21.6. The first-order chi connectivity index (χ1) is 33.7. The number of carbonyl (C=O) groups is 3. The molecule has 366 valence electrons. The molecule has 3 fully saturated rings. The maximum absolute atomic E-state index is 14.5. The Morgan fingerprint density at radius 2 is 1.04 bits per heavy atom. The maximum atomic E-state index is 14.5. The van der Waals surface area contributed by atoms with Gasteiger partial charge in [-0.25, -0.2) is 4.79 Å². The standard InChI is InChI=1S/C56H65NO12/c1-62-43-30-37(23-24-41(43)66-47(58)25-20-34-14-8-5-9-15-34)50-51-40-32-44(63-2)45(67-48(59)26-21-35-16-10-6-11-17-35)33-42(40)68-56(61)53(51)57-29-28-38-39(52(50)57)31-46(64-3)55(65-4)54(38)69-49(60)27-22-36-18-12-7-13-19-36/h23-24,28-36H,5-22,25-27H2,1-4H3. The number of hydrogen-bond acceptors (Lipinski definition) is 12. The largest absolute Gasteiger partial charge is 0.493 e. The van der Waals surface area contributed by atoms with E-state index in [1.807, 2.05) is 6.07 Å². The molecule has 0 radical (unpaired) electrons. The van der Waals surface area contributed by atoms with E-state index >= 15 is 0 Å². The number of rotatable bonds is 17. The van der Waals surface area contributed by atoms with E-state index in [4.69, 9.17) is 37.6 Å². The van der Waals surface area contributed by atoms with Gasteiger partial charge in [-0.05, 0) is 72.9 Å². The van der Waals surface area contributed by atoms with Gasteiger partial charge in [0.2, 0.25) is 5.75 Å². The lowest BCUT2D eigenvalue weighted by atomic mass is 9.86. The Morgan fingerprint density at radius 3 is 1.59 bits per heavy atom. The molecule has 3 aliphatic rings. The molecule has 0 bridgehead atoms. The summed E-state index contributed by atoms with van der Waals surface area (Å²) in [4.78, 5) is 54.9. The SMILES string of the molecule is COc1cc(-c2c3c4cc(OC)c(OC(=O)CCC5CCCCC5)cc4oc(=O)c3n3ccc4c(OC(=O)CCC5CCCCC5)c(OC)c(OC)cc4c23)ccc1OC(=O)CCC1CCCCC1. The molecule has 3 aliphatic carbocycles. The van der Waals surface area contributed by atoms with Crippen molar-refractivity contribution in [1.82, 2.24) is 4.40 Å². The van der Waals surface area contributed by atoms with Gasteiger partial charge < -0.3 is 42.0 Å². The van der Waals surface area contributed by atoms with Crippen molar-refractivity contribution in [3.05, 3.63) is 59.1 Å². The minimum atomic E-state index is -0.650. The van der Waals surface area contributed by atoms with Gasteiger partial charge in [0.1, 0.15) is 11.1 Å². The van der Waals surface area contributed by atoms with Gasteiger partial charge in [0.15, 0.2) is 34.5 Å². The van der Waals surface area contributed by atoms with Crippen LogP contribution < -0.4 is 38.8 Å². The summed E-state index contributed by atoms with van der Waals surface area (Å²) < 4.78 is 49.6. The average Bonchev–Trinajstić information content (AvgIpc) is 3.74. The fraction of sp³-hybridized carbons (Fsp3) is 0.500. The van der Waals surface area contributed by atoms with Crippen molar-refractivity contribution >= 4 is 56.1 Å². The Bertz CT molecular complexity index is 2910. The Labute approximate surface area is 402 Å². The first-order valence-electron chi connectivity index (χ1n) is 25.2. The molecule has 0 spiro atoms. The smallest absolute Gasteiger partial charge is 0.361 e. The predicted octanol–water partition coefficient (Wildman–Crippen LogP) is 12.9. The Balaban J connectivity index is 1.19. The van der Waals surface area contributed by atoms with Crippen LogP contribution >= 0.6 is 0 Å². The molecule has 0 saturated heterocycles. The summed E-state index contributed by atoms with van der Waals surface area (Å²) in [5.41, 5.74) is 1.49. The summed E-state index contributed by atoms with van der Waals surface area (Å²) in [6.07, 6.45) is 22.3. The summed E-state index contributed by atoms with van der Waals surface area (Å²) in [6, 6.07) is 12.2. The molecular weight excluding hydrogens is 879 g/mol. The van der Waals surface area contributed by atoms with Crippen LogP contribution in [0.2, 0.25) is 0 Å². The molecule has 0 unspecified atom stereocenters. The summed E-state index contributed by atoms with van der Waals surface area (Å²) in [5, 5.41) is 2.13. The zero-order valence-corrected chi connectivity index (χ0v) is 40.5. The molecule has 3 aromatic carbocycles. The third kappa shape index (κ3) is 10.2. The second-order valence-corrected chi connectivity index (χ2v) is 19.3. The monoisotopic (exact) mass is 943 g/mol. The van der Waals surface area contributed by atoms with E-state index < -0.39 is 5.63 Å². The van der Waals surface area contributed by atoms with E-state index in [2.05, 4.69) is 0 Å². The highest BCUT2D eigenvalue weighted by Crippen LogP contribution is 2.50. The molecule has 0 atom stereocenters. The van der Waals surface area contributed by atoms with Gasteiger partial charge >= 0.3 is 23.5 Å². The number of ether oxygens (including phenoxy) is 7. The van der Waals surface area contributed by atoms with Gasteiger partial charge in [-0.1, -0.05) is 102 Å². The Morgan fingerprint density at radius 1 is 0.522 bits per heavy atom. The van der Waals surface area contributed by atoms with Crippen molar-refractivity contribution < 1.29 is 52.0 Å². The van der Waals surface area contributed by atoms with Crippen LogP contribution in [0.4, 0.5) is 0 Å². The van der Waals surface area contributed by atoms with Crippen molar-refractivity contribution in [2.45, 2.75) is 135 Å². The number of pyridine rings is 1. The molecule has 3 aromatic heterocycles. The average molecular weight is 944 g/mol. The maximum Gasteiger partial charge on any atom is 0.361 e. The number of nitrogens with zero attached hydrogens (tertiary/aromatic N) is 1. The van der Waals surface area contributed by atoms with Gasteiger partial charge in [-0.3, -0.25) is 14.4 Å². The van der Waals surface area contributed by atoms with Gasteiger partial charge in [0.05, 0.1) is 34.0 Å². The quantitative estimate of drug-likeness (QED) is 0.0486. The lowest BCUT2D eigenvalue weighted by molar-refractivity contribution is -0.135. The number of hydrogen-bond donors (Lipinski definition) is 0. The van der Waals surface area contributed by atoms with E-state index in [-0.39, 0.29) is 70.6 Å². The molecule has 6 aromatic rings. The lowest BCUT2D eigenvalue weighted by Gasteiger charge is -2.21. The molecule has 3 heterocycles. The molecule has 3 saturated carbocycles. The van der Waals surface area contributed by atoms with Crippen molar-refractivity contribution in [1.29, 1.82) is 0 Å². The van der Waals surface area contributed by atoms with Crippen LogP contribution in [0.5, 0.6) is 40.2 Å². The molecule has 9 rings (SSSR count). The number of benzene rings is 3. The molecule has 13 nitrogen and oxygen atoms in total. The third-order valence-corrected chi connectivity index (χ3v) is 15.0. The molecule has 69 heavy (non-hydrogen) atoms. The van der Waals surface area contributed by atoms with Crippen LogP contribution in [0.3, 0.4) is 0 Å². The predicted molar refractivity (Wildman–Crippen MR) is 264 cm³/mol. The summed E-state index contributed by atoms with van der Waals surface area (Å²) in [5.74, 6) is 2.14. The Kier molecular flexibility index (Phi) is 15.0. The highest BCUT2D eigenvalue weighted by atomic mass is 16.6. The number of methoxy groups -OCH3 is 4. The van der Waals surface area contributed by atoms with E-state index in [1.165, 1.54) is 92.3 Å². The minimum absolute atomic E-state index is 0.139. The highest BCUT2D eigenvalue weighted by molar-refractivity contribution is 6.22. The topological polar surface area (TPSA) is 150 Å². The van der Waals surface area contributed by atoms with Crippen molar-refractivity contribution in [2.75, 3.05) is 28.4 Å². The number of aromatic nitrogens is 1. The number of carbonyl (C=O) groups excluding carboxylic acids is 3. The van der Waals surface area contributed by atoms with Crippen LogP contribution in [0.25, 0.3) is 49.3 Å². The van der Waals surface area contributed by atoms with Crippen LogP contribution in [-0.4, -0.2) is 50.7 Å². The highest BCUT2D eigenvalue weighted by Gasteiger charge is 2.29. The zero-order valence-electron chi connectivity index (χ0n) is 40.5. The van der Waals surface area contributed by atoms with E-state index in [9.17, 15) is 19.2 Å². The number of fused-ring (bicyclic) bond motifs is 7. The first-order valence-corrected chi connectivity index (χ1v) is 25.2. The summed E-state index contributed by atoms with van der Waals surface area (Å²) in [7, 11) is 6.03. The van der Waals surface area contributed by atoms with Crippen LogP contribution in [0.15, 0.2) is 57.9 Å². The normalized spacial score (nSPS) is 16.2. The van der Waals surface area contributed by atoms with Gasteiger partial charge in [0, 0.05) is 58.6 Å². The van der Waals surface area contributed by atoms with Gasteiger partial charge in [0.25, 0.3) is 0 Å². The van der Waals surface area contributed by atoms with E-state index in [0.29, 0.717) is 73.9 Å². The van der Waals surface area contributed by atoms with E-state index in [1.54, 1.807) is 40.9 Å². The third-order valence-electron chi connectivity index (χ3n) is 15.0. The molecule has 0 N–H and O–H groups in total. The van der Waals surface area contributed by atoms with Crippen molar-refractivity contribution in [3.63, 3.8) is 0 Å². The number of esters is 3. The van der Waals surface area contributed by atoms with Gasteiger partial charge in [-0.2, -0.15) is 0 Å². The van der Waals surface area contributed by atoms with E-state index in [0.717, 1.165) is 57.8 Å². The van der Waals surface area contributed by atoms with Crippen molar-refractivity contribution in [3.8, 4) is 51.4 Å². The minimum Gasteiger partial charge on any atom is -0.493 e. The van der Waals surface area contributed by atoms with Crippen LogP contribution in [0.1, 0.15) is 135 Å². The van der Waals surface area contributed by atoms with Crippen molar-refractivity contribution in [2.24, 2.45) is 17.8 Å². The lowest BCUT2D eigenvalue weighted by Crippen LogP contribution is -2.13. The Hall–Kier alpha value is -6.24. The summed E-state index contributed by atoms with van der Waals surface area (Å²) in [6.45, 7) is 0. The fourth-order valence-corrected chi connectivity index (χ4v) is 11.4. The first kappa shape index (κ1) is 47.8.